The minimum Gasteiger partial charge on any atom is -0.373 e. The molecule has 0 aliphatic carbocycles. The average molecular weight is 739 g/mol. The number of fused-ring (bicyclic) bond motifs is 2. The van der Waals surface area contributed by atoms with E-state index in [4.69, 9.17) is 9.97 Å². The lowest BCUT2D eigenvalue weighted by molar-refractivity contribution is 0.628. The van der Waals surface area contributed by atoms with Crippen LogP contribution in [0.3, 0.4) is 0 Å². The number of halogens is 3. The van der Waals surface area contributed by atoms with Gasteiger partial charge in [-0.1, -0.05) is 25.2 Å². The Labute approximate surface area is 276 Å². The lowest BCUT2D eigenvalue weighted by Crippen LogP contribution is -2.13. The SMILES string of the molecule is CCc1nc2c(C)cc(Br)cn2c1N(C)c1nc(-c2ccc(F)cc2)c(C#N)s1.CCc1nc2c(C)cc(Br)cn2c1NC. The summed E-state index contributed by atoms with van der Waals surface area (Å²) in [5.74, 6) is 1.67. The number of hydrogen-bond donors (Lipinski definition) is 1. The van der Waals surface area contributed by atoms with Gasteiger partial charge in [0, 0.05) is 41.0 Å². The first-order valence-corrected chi connectivity index (χ1v) is 16.4. The predicted molar refractivity (Wildman–Crippen MR) is 184 cm³/mol. The van der Waals surface area contributed by atoms with Crippen LogP contribution in [0.5, 0.6) is 0 Å². The van der Waals surface area contributed by atoms with Gasteiger partial charge in [0.05, 0.1) is 11.4 Å². The molecule has 6 aromatic rings. The van der Waals surface area contributed by atoms with E-state index in [1.807, 2.05) is 48.8 Å². The second-order valence-electron chi connectivity index (χ2n) is 10.2. The van der Waals surface area contributed by atoms with Crippen LogP contribution in [0.4, 0.5) is 21.2 Å². The molecule has 0 aliphatic rings. The number of nitriles is 1. The molecule has 0 saturated carbocycles. The number of aromatic nitrogens is 5. The molecule has 12 heteroatoms. The van der Waals surface area contributed by atoms with Crippen molar-refractivity contribution < 1.29 is 4.39 Å². The largest absolute Gasteiger partial charge is 0.373 e. The molecule has 0 unspecified atom stereocenters. The molecule has 6 rings (SSSR count). The van der Waals surface area contributed by atoms with E-state index < -0.39 is 0 Å². The van der Waals surface area contributed by atoms with Crippen molar-refractivity contribution in [2.24, 2.45) is 0 Å². The first-order valence-electron chi connectivity index (χ1n) is 14.0. The maximum absolute atomic E-state index is 13.3. The molecular weight excluding hydrogens is 707 g/mol. The first-order chi connectivity index (χ1) is 21.1. The third-order valence-corrected chi connectivity index (χ3v) is 9.11. The Morgan fingerprint density at radius 3 is 2.07 bits per heavy atom. The van der Waals surface area contributed by atoms with E-state index in [1.165, 1.54) is 29.0 Å². The molecule has 0 aliphatic heterocycles. The molecule has 0 radical (unpaired) electrons. The zero-order valence-electron chi connectivity index (χ0n) is 25.2. The minimum absolute atomic E-state index is 0.320. The van der Waals surface area contributed by atoms with Gasteiger partial charge in [-0.25, -0.2) is 19.3 Å². The number of nitrogens with one attached hydrogen (secondary N) is 1. The Bertz CT molecular complexity index is 2020. The summed E-state index contributed by atoms with van der Waals surface area (Å²) in [7, 11) is 3.85. The van der Waals surface area contributed by atoms with Crippen LogP contribution in [0.15, 0.2) is 57.7 Å². The van der Waals surface area contributed by atoms with Crippen molar-refractivity contribution in [3.63, 3.8) is 0 Å². The number of nitrogens with zero attached hydrogens (tertiary/aromatic N) is 7. The highest BCUT2D eigenvalue weighted by molar-refractivity contribution is 9.10. The molecule has 0 fully saturated rings. The fraction of sp³-hybridized carbons (Fsp3) is 0.250. The minimum atomic E-state index is -0.320. The Kier molecular flexibility index (Phi) is 9.39. The lowest BCUT2D eigenvalue weighted by Gasteiger charge is -2.17. The van der Waals surface area contributed by atoms with Gasteiger partial charge < -0.3 is 10.2 Å². The predicted octanol–water partition coefficient (Wildman–Crippen LogP) is 8.88. The third kappa shape index (κ3) is 5.96. The van der Waals surface area contributed by atoms with E-state index in [0.29, 0.717) is 21.3 Å². The summed E-state index contributed by atoms with van der Waals surface area (Å²) in [6.07, 6.45) is 5.73. The van der Waals surface area contributed by atoms with Crippen molar-refractivity contribution >= 4 is 71.3 Å². The quantitative estimate of drug-likeness (QED) is 0.184. The van der Waals surface area contributed by atoms with Gasteiger partial charge in [-0.3, -0.25) is 8.80 Å². The zero-order chi connectivity index (χ0) is 31.7. The average Bonchev–Trinajstić information content (AvgIpc) is 3.70. The zero-order valence-corrected chi connectivity index (χ0v) is 29.2. The Hall–Kier alpha value is -3.79. The van der Waals surface area contributed by atoms with E-state index in [-0.39, 0.29) is 5.82 Å². The van der Waals surface area contributed by atoms with Gasteiger partial charge in [0.15, 0.2) is 5.13 Å². The van der Waals surface area contributed by atoms with Crippen LogP contribution in [0, 0.1) is 31.0 Å². The molecule has 1 aromatic carbocycles. The van der Waals surface area contributed by atoms with Crippen LogP contribution >= 0.6 is 43.2 Å². The van der Waals surface area contributed by atoms with E-state index >= 15 is 0 Å². The number of thiazole rings is 1. The fourth-order valence-electron chi connectivity index (χ4n) is 5.14. The smallest absolute Gasteiger partial charge is 0.192 e. The van der Waals surface area contributed by atoms with Gasteiger partial charge >= 0.3 is 0 Å². The van der Waals surface area contributed by atoms with Gasteiger partial charge in [0.1, 0.15) is 45.4 Å². The second kappa shape index (κ2) is 13.1. The number of benzene rings is 1. The summed E-state index contributed by atoms with van der Waals surface area (Å²) in [6.45, 7) is 8.29. The van der Waals surface area contributed by atoms with E-state index in [0.717, 1.165) is 61.7 Å². The molecule has 0 spiro atoms. The molecule has 226 valence electrons. The standard InChI is InChI=1S/C21H17BrFN5S.C11H14BrN3/c1-4-16-20(28-11-14(22)9-12(2)19(28)25-16)27(3)21-26-18(17(10-24)29-21)13-5-7-15(23)8-6-13;1-4-9-11(13-3)15-6-8(12)5-7(2)10(15)14-9/h5-9,11H,4H2,1-3H3;5-6,13H,4H2,1-3H3. The molecule has 0 bridgehead atoms. The topological polar surface area (TPSA) is 86.5 Å². The Morgan fingerprint density at radius 1 is 0.932 bits per heavy atom. The van der Waals surface area contributed by atoms with Gasteiger partial charge in [-0.15, -0.1) is 0 Å². The number of hydrogen-bond acceptors (Lipinski definition) is 7. The summed E-state index contributed by atoms with van der Waals surface area (Å²) in [4.78, 5) is 16.6. The summed E-state index contributed by atoms with van der Waals surface area (Å²) in [6, 6.07) is 12.4. The highest BCUT2D eigenvalue weighted by Crippen LogP contribution is 2.37. The number of pyridine rings is 2. The Balaban J connectivity index is 0.000000215. The molecule has 5 heterocycles. The van der Waals surface area contributed by atoms with Crippen molar-refractivity contribution in [1.29, 1.82) is 5.26 Å². The van der Waals surface area contributed by atoms with Gasteiger partial charge in [0.25, 0.3) is 0 Å². The number of imidazole rings is 2. The van der Waals surface area contributed by atoms with Crippen LogP contribution in [0.2, 0.25) is 0 Å². The van der Waals surface area contributed by atoms with Crippen molar-refractivity contribution in [2.45, 2.75) is 40.5 Å². The molecule has 1 N–H and O–H groups in total. The number of anilines is 3. The number of aryl methyl sites for hydroxylation is 4. The van der Waals surface area contributed by atoms with Crippen LogP contribution in [-0.2, 0) is 12.8 Å². The van der Waals surface area contributed by atoms with E-state index in [1.54, 1.807) is 12.1 Å². The molecule has 0 atom stereocenters. The maximum atomic E-state index is 13.3. The highest BCUT2D eigenvalue weighted by atomic mass is 79.9. The van der Waals surface area contributed by atoms with Crippen molar-refractivity contribution in [3.05, 3.63) is 90.9 Å². The molecule has 0 saturated heterocycles. The van der Waals surface area contributed by atoms with Gasteiger partial charge in [-0.2, -0.15) is 5.26 Å². The summed E-state index contributed by atoms with van der Waals surface area (Å²) in [5.41, 5.74) is 7.50. The van der Waals surface area contributed by atoms with Crippen molar-refractivity contribution in [3.8, 4) is 17.3 Å². The molecule has 8 nitrogen and oxygen atoms in total. The van der Waals surface area contributed by atoms with Crippen LogP contribution in [-0.4, -0.2) is 37.8 Å². The summed E-state index contributed by atoms with van der Waals surface area (Å²) in [5, 5.41) is 13.5. The Morgan fingerprint density at radius 2 is 1.50 bits per heavy atom. The second-order valence-corrected chi connectivity index (χ2v) is 13.0. The van der Waals surface area contributed by atoms with Gasteiger partial charge in [-0.05, 0) is 106 Å². The van der Waals surface area contributed by atoms with E-state index in [9.17, 15) is 9.65 Å². The monoisotopic (exact) mass is 736 g/mol. The van der Waals surface area contributed by atoms with Crippen LogP contribution < -0.4 is 10.2 Å². The van der Waals surface area contributed by atoms with Crippen LogP contribution in [0.25, 0.3) is 22.6 Å². The van der Waals surface area contributed by atoms with Crippen LogP contribution in [0.1, 0.15) is 41.2 Å². The lowest BCUT2D eigenvalue weighted by atomic mass is 10.1. The maximum Gasteiger partial charge on any atom is 0.192 e. The molecule has 5 aromatic heterocycles. The molecule has 0 amide bonds. The summed E-state index contributed by atoms with van der Waals surface area (Å²) >= 11 is 8.37. The fourth-order valence-corrected chi connectivity index (χ4v) is 7.09. The normalized spacial score (nSPS) is 11.0. The van der Waals surface area contributed by atoms with Crippen molar-refractivity contribution in [2.75, 3.05) is 24.3 Å². The third-order valence-electron chi connectivity index (χ3n) is 7.20. The van der Waals surface area contributed by atoms with Crippen molar-refractivity contribution in [1.82, 2.24) is 23.8 Å². The first kappa shape index (κ1) is 31.6. The summed E-state index contributed by atoms with van der Waals surface area (Å²) < 4.78 is 19.5. The van der Waals surface area contributed by atoms with E-state index in [2.05, 4.69) is 79.5 Å². The highest BCUT2D eigenvalue weighted by Gasteiger charge is 2.22. The number of rotatable bonds is 6. The van der Waals surface area contributed by atoms with Gasteiger partial charge in [0.2, 0.25) is 0 Å². The molecule has 44 heavy (non-hydrogen) atoms. The molecular formula is C32H31Br2FN8S.